The molecule has 0 atom stereocenters. The maximum absolute atomic E-state index is 6.01. The largest absolute Gasteiger partial charge is 0.490 e. The highest BCUT2D eigenvalue weighted by Crippen LogP contribution is 2.31. The number of hydrogen-bond donors (Lipinski definition) is 1. The molecular formula is C14H21NO. The fourth-order valence-corrected chi connectivity index (χ4v) is 2.10. The first kappa shape index (κ1) is 11.5. The van der Waals surface area contributed by atoms with Crippen molar-refractivity contribution >= 4 is 0 Å². The highest BCUT2D eigenvalue weighted by molar-refractivity contribution is 5.39. The van der Waals surface area contributed by atoms with E-state index >= 15 is 0 Å². The minimum absolute atomic E-state index is 0.328. The Morgan fingerprint density at radius 1 is 1.31 bits per heavy atom. The first-order valence-corrected chi connectivity index (χ1v) is 6.09. The zero-order valence-electron chi connectivity index (χ0n) is 10.4. The molecular weight excluding hydrogens is 198 g/mol. The molecule has 1 aromatic carbocycles. The predicted octanol–water partition coefficient (Wildman–Crippen LogP) is 2.99. The summed E-state index contributed by atoms with van der Waals surface area (Å²) in [5.74, 6) is 1.55. The summed E-state index contributed by atoms with van der Waals surface area (Å²) < 4.78 is 6.01. The Kier molecular flexibility index (Phi) is 3.20. The minimum Gasteiger partial charge on any atom is -0.490 e. The standard InChI is InChI=1S/C14H21NO/c1-9(2)13-5-4-10(3)6-14(13)16-12-7-11(15)8-12/h4-6,9,11-12H,7-8,15H2,1-3H3. The summed E-state index contributed by atoms with van der Waals surface area (Å²) >= 11 is 0. The molecule has 0 aliphatic heterocycles. The zero-order chi connectivity index (χ0) is 11.7. The van der Waals surface area contributed by atoms with E-state index in [0.717, 1.165) is 18.6 Å². The second-order valence-electron chi connectivity index (χ2n) is 5.17. The van der Waals surface area contributed by atoms with Crippen molar-refractivity contribution in [2.45, 2.75) is 51.7 Å². The van der Waals surface area contributed by atoms with Crippen LogP contribution in [0.4, 0.5) is 0 Å². The van der Waals surface area contributed by atoms with E-state index in [-0.39, 0.29) is 0 Å². The lowest BCUT2D eigenvalue weighted by atomic mass is 9.90. The van der Waals surface area contributed by atoms with Crippen LogP contribution in [-0.2, 0) is 0 Å². The molecule has 2 nitrogen and oxygen atoms in total. The first-order valence-electron chi connectivity index (χ1n) is 6.09. The zero-order valence-corrected chi connectivity index (χ0v) is 10.4. The van der Waals surface area contributed by atoms with Crippen molar-refractivity contribution in [2.24, 2.45) is 5.73 Å². The van der Waals surface area contributed by atoms with Gasteiger partial charge in [-0.1, -0.05) is 26.0 Å². The van der Waals surface area contributed by atoms with Crippen molar-refractivity contribution in [3.63, 3.8) is 0 Å². The van der Waals surface area contributed by atoms with Gasteiger partial charge in [0.1, 0.15) is 11.9 Å². The number of rotatable bonds is 3. The van der Waals surface area contributed by atoms with Crippen LogP contribution in [0.25, 0.3) is 0 Å². The van der Waals surface area contributed by atoms with Gasteiger partial charge in [-0.05, 0) is 42.9 Å². The van der Waals surface area contributed by atoms with Crippen molar-refractivity contribution in [3.8, 4) is 5.75 Å². The number of ether oxygens (including phenoxy) is 1. The molecule has 0 aromatic heterocycles. The molecule has 0 saturated heterocycles. The highest BCUT2D eigenvalue weighted by atomic mass is 16.5. The average molecular weight is 219 g/mol. The van der Waals surface area contributed by atoms with Crippen LogP contribution < -0.4 is 10.5 Å². The second kappa shape index (κ2) is 4.46. The first-order chi connectivity index (χ1) is 7.56. The fraction of sp³-hybridized carbons (Fsp3) is 0.571. The van der Waals surface area contributed by atoms with Gasteiger partial charge in [-0.25, -0.2) is 0 Å². The van der Waals surface area contributed by atoms with E-state index in [2.05, 4.69) is 39.0 Å². The number of aryl methyl sites for hydroxylation is 1. The van der Waals surface area contributed by atoms with Crippen LogP contribution in [0.1, 0.15) is 43.7 Å². The van der Waals surface area contributed by atoms with Gasteiger partial charge in [-0.3, -0.25) is 0 Å². The summed E-state index contributed by atoms with van der Waals surface area (Å²) in [6, 6.07) is 6.80. The molecule has 0 radical (unpaired) electrons. The third kappa shape index (κ3) is 2.38. The monoisotopic (exact) mass is 219 g/mol. The van der Waals surface area contributed by atoms with Gasteiger partial charge in [-0.15, -0.1) is 0 Å². The quantitative estimate of drug-likeness (QED) is 0.848. The average Bonchev–Trinajstić information content (AvgIpc) is 2.15. The lowest BCUT2D eigenvalue weighted by molar-refractivity contribution is 0.0994. The van der Waals surface area contributed by atoms with E-state index in [1.54, 1.807) is 0 Å². The molecule has 16 heavy (non-hydrogen) atoms. The highest BCUT2D eigenvalue weighted by Gasteiger charge is 2.28. The molecule has 0 bridgehead atoms. The van der Waals surface area contributed by atoms with E-state index in [4.69, 9.17) is 10.5 Å². The Hall–Kier alpha value is -1.02. The van der Waals surface area contributed by atoms with Crippen molar-refractivity contribution in [1.29, 1.82) is 0 Å². The molecule has 1 saturated carbocycles. The molecule has 2 rings (SSSR count). The SMILES string of the molecule is Cc1ccc(C(C)C)c(OC2CC(N)C2)c1. The van der Waals surface area contributed by atoms with Crippen LogP contribution in [0.2, 0.25) is 0 Å². The number of benzene rings is 1. The molecule has 0 spiro atoms. The van der Waals surface area contributed by atoms with Crippen LogP contribution in [0.3, 0.4) is 0 Å². The molecule has 2 N–H and O–H groups in total. The predicted molar refractivity (Wildman–Crippen MR) is 66.9 cm³/mol. The lowest BCUT2D eigenvalue weighted by Crippen LogP contribution is -2.43. The summed E-state index contributed by atoms with van der Waals surface area (Å²) in [4.78, 5) is 0. The van der Waals surface area contributed by atoms with Crippen LogP contribution in [-0.4, -0.2) is 12.1 Å². The van der Waals surface area contributed by atoms with Gasteiger partial charge >= 0.3 is 0 Å². The van der Waals surface area contributed by atoms with E-state index in [0.29, 0.717) is 18.1 Å². The Morgan fingerprint density at radius 3 is 2.56 bits per heavy atom. The minimum atomic E-state index is 0.328. The summed E-state index contributed by atoms with van der Waals surface area (Å²) in [5.41, 5.74) is 8.32. The topological polar surface area (TPSA) is 35.2 Å². The van der Waals surface area contributed by atoms with E-state index in [9.17, 15) is 0 Å². The Balaban J connectivity index is 2.14. The maximum atomic E-state index is 6.01. The summed E-state index contributed by atoms with van der Waals surface area (Å²) in [7, 11) is 0. The van der Waals surface area contributed by atoms with Crippen molar-refractivity contribution in [1.82, 2.24) is 0 Å². The molecule has 1 fully saturated rings. The molecule has 1 aliphatic carbocycles. The molecule has 2 heteroatoms. The summed E-state index contributed by atoms with van der Waals surface area (Å²) in [6.45, 7) is 6.50. The van der Waals surface area contributed by atoms with Gasteiger partial charge in [0.25, 0.3) is 0 Å². The van der Waals surface area contributed by atoms with Crippen LogP contribution in [0.15, 0.2) is 18.2 Å². The van der Waals surface area contributed by atoms with Gasteiger partial charge in [0.05, 0.1) is 0 Å². The number of hydrogen-bond acceptors (Lipinski definition) is 2. The Bertz CT molecular complexity index is 367. The van der Waals surface area contributed by atoms with Gasteiger partial charge in [0, 0.05) is 6.04 Å². The molecule has 88 valence electrons. The number of nitrogens with two attached hydrogens (primary N) is 1. The smallest absolute Gasteiger partial charge is 0.123 e. The van der Waals surface area contributed by atoms with E-state index < -0.39 is 0 Å². The van der Waals surface area contributed by atoms with Crippen molar-refractivity contribution < 1.29 is 4.74 Å². The molecule has 0 unspecified atom stereocenters. The molecule has 1 aromatic rings. The Labute approximate surface area is 97.8 Å². The van der Waals surface area contributed by atoms with E-state index in [1.807, 2.05) is 0 Å². The van der Waals surface area contributed by atoms with Gasteiger partial charge in [-0.2, -0.15) is 0 Å². The van der Waals surface area contributed by atoms with Crippen LogP contribution in [0, 0.1) is 6.92 Å². The maximum Gasteiger partial charge on any atom is 0.123 e. The molecule has 0 heterocycles. The van der Waals surface area contributed by atoms with Gasteiger partial charge in [0.15, 0.2) is 0 Å². The summed E-state index contributed by atoms with van der Waals surface area (Å²) in [6.07, 6.45) is 2.31. The van der Waals surface area contributed by atoms with E-state index in [1.165, 1.54) is 11.1 Å². The second-order valence-corrected chi connectivity index (χ2v) is 5.17. The summed E-state index contributed by atoms with van der Waals surface area (Å²) in [5, 5.41) is 0. The van der Waals surface area contributed by atoms with Crippen LogP contribution in [0.5, 0.6) is 5.75 Å². The van der Waals surface area contributed by atoms with Crippen molar-refractivity contribution in [3.05, 3.63) is 29.3 Å². The van der Waals surface area contributed by atoms with Crippen molar-refractivity contribution in [2.75, 3.05) is 0 Å². The fourth-order valence-electron chi connectivity index (χ4n) is 2.10. The van der Waals surface area contributed by atoms with Gasteiger partial charge < -0.3 is 10.5 Å². The lowest BCUT2D eigenvalue weighted by Gasteiger charge is -2.33. The molecule has 1 aliphatic rings. The third-order valence-electron chi connectivity index (χ3n) is 3.22. The Morgan fingerprint density at radius 2 is 2.00 bits per heavy atom. The normalized spacial score (nSPS) is 24.3. The third-order valence-corrected chi connectivity index (χ3v) is 3.22. The molecule has 0 amide bonds. The van der Waals surface area contributed by atoms with Gasteiger partial charge in [0.2, 0.25) is 0 Å². The van der Waals surface area contributed by atoms with Crippen LogP contribution >= 0.6 is 0 Å².